The molecule has 0 atom stereocenters. The lowest BCUT2D eigenvalue weighted by Crippen LogP contribution is -2.40. The predicted octanol–water partition coefficient (Wildman–Crippen LogP) is 3.71. The van der Waals surface area contributed by atoms with Crippen molar-refractivity contribution in [3.63, 3.8) is 0 Å². The first-order chi connectivity index (χ1) is 16.0. The van der Waals surface area contributed by atoms with Crippen LogP contribution in [0.5, 0.6) is 5.75 Å². The van der Waals surface area contributed by atoms with Crippen molar-refractivity contribution >= 4 is 33.6 Å². The number of nitrogens with zero attached hydrogens (tertiary/aromatic N) is 1. The summed E-state index contributed by atoms with van der Waals surface area (Å²) in [5, 5.41) is 1.54. The third kappa shape index (κ3) is 3.68. The number of rotatable bonds is 4. The molecule has 2 heterocycles. The number of nitrogens with two attached hydrogens (primary N) is 1. The Hall–Kier alpha value is -3.91. The number of hydrogen-bond acceptors (Lipinski definition) is 4. The van der Waals surface area contributed by atoms with Crippen molar-refractivity contribution in [2.75, 3.05) is 33.4 Å². The smallest absolute Gasteiger partial charge is 0.254 e. The Morgan fingerprint density at radius 3 is 2.55 bits per heavy atom. The van der Waals surface area contributed by atoms with Crippen molar-refractivity contribution in [3.8, 4) is 16.9 Å². The Balaban J connectivity index is 1.68. The van der Waals surface area contributed by atoms with Gasteiger partial charge in [-0.25, -0.2) is 4.39 Å². The van der Waals surface area contributed by atoms with Crippen molar-refractivity contribution in [1.82, 2.24) is 9.88 Å². The third-order valence-electron chi connectivity index (χ3n) is 6.00. The molecule has 1 aliphatic heterocycles. The summed E-state index contributed by atoms with van der Waals surface area (Å²) in [5.41, 5.74) is 9.27. The fourth-order valence-corrected chi connectivity index (χ4v) is 4.28. The highest BCUT2D eigenvalue weighted by Crippen LogP contribution is 2.35. The first-order valence-electron chi connectivity index (χ1n) is 10.6. The van der Waals surface area contributed by atoms with Crippen LogP contribution in [-0.4, -0.2) is 55.1 Å². The van der Waals surface area contributed by atoms with E-state index in [1.165, 1.54) is 13.2 Å². The van der Waals surface area contributed by atoms with Gasteiger partial charge in [0, 0.05) is 34.9 Å². The molecule has 1 fully saturated rings. The lowest BCUT2D eigenvalue weighted by atomic mass is 9.98. The van der Waals surface area contributed by atoms with E-state index in [9.17, 15) is 14.0 Å². The zero-order chi connectivity index (χ0) is 23.1. The van der Waals surface area contributed by atoms with Crippen molar-refractivity contribution in [2.45, 2.75) is 0 Å². The van der Waals surface area contributed by atoms with Crippen LogP contribution in [0.15, 0.2) is 48.5 Å². The van der Waals surface area contributed by atoms with Gasteiger partial charge in [0.25, 0.3) is 11.8 Å². The molecule has 3 N–H and O–H groups in total. The maximum atomic E-state index is 13.9. The molecular formula is C25H22FN3O4. The number of halogens is 1. The summed E-state index contributed by atoms with van der Waals surface area (Å²) in [5.74, 6) is -1.03. The van der Waals surface area contributed by atoms with Crippen LogP contribution in [0.1, 0.15) is 20.7 Å². The molecule has 0 saturated carbocycles. The maximum Gasteiger partial charge on any atom is 0.254 e. The molecule has 0 unspecified atom stereocenters. The number of amides is 2. The number of ether oxygens (including phenoxy) is 2. The molecule has 168 valence electrons. The van der Waals surface area contributed by atoms with Crippen molar-refractivity contribution < 1.29 is 23.5 Å². The molecule has 3 aromatic carbocycles. The Kier molecular flexibility index (Phi) is 5.22. The summed E-state index contributed by atoms with van der Waals surface area (Å²) in [6.45, 7) is 2.14. The summed E-state index contributed by atoms with van der Waals surface area (Å²) in [7, 11) is 1.40. The monoisotopic (exact) mass is 447 g/mol. The summed E-state index contributed by atoms with van der Waals surface area (Å²) in [4.78, 5) is 30.3. The zero-order valence-corrected chi connectivity index (χ0v) is 18.0. The van der Waals surface area contributed by atoms with Gasteiger partial charge in [-0.15, -0.1) is 0 Å². The summed E-state index contributed by atoms with van der Waals surface area (Å²) < 4.78 is 24.4. The number of carbonyl (C=O) groups is 2. The van der Waals surface area contributed by atoms with Crippen molar-refractivity contribution in [2.24, 2.45) is 5.73 Å². The Labute approximate surface area is 188 Å². The van der Waals surface area contributed by atoms with Gasteiger partial charge in [0.15, 0.2) is 11.6 Å². The van der Waals surface area contributed by atoms with Crippen LogP contribution in [0, 0.1) is 5.82 Å². The normalized spacial score (nSPS) is 14.1. The first-order valence-corrected chi connectivity index (χ1v) is 10.6. The number of aromatic amines is 1. The van der Waals surface area contributed by atoms with E-state index < -0.39 is 11.7 Å². The van der Waals surface area contributed by atoms with E-state index in [4.69, 9.17) is 15.2 Å². The highest BCUT2D eigenvalue weighted by atomic mass is 19.1. The van der Waals surface area contributed by atoms with Crippen LogP contribution in [0.4, 0.5) is 4.39 Å². The van der Waals surface area contributed by atoms with Gasteiger partial charge in [-0.05, 0) is 53.6 Å². The van der Waals surface area contributed by atoms with Gasteiger partial charge in [0.1, 0.15) is 0 Å². The number of fused-ring (bicyclic) bond motifs is 3. The van der Waals surface area contributed by atoms with Crippen LogP contribution in [0.25, 0.3) is 32.9 Å². The molecule has 1 aliphatic rings. The lowest BCUT2D eigenvalue weighted by molar-refractivity contribution is 0.0303. The minimum absolute atomic E-state index is 0.0656. The second kappa shape index (κ2) is 8.22. The topological polar surface area (TPSA) is 97.7 Å². The molecule has 5 rings (SSSR count). The van der Waals surface area contributed by atoms with E-state index in [1.807, 2.05) is 18.2 Å². The summed E-state index contributed by atoms with van der Waals surface area (Å²) in [6.07, 6.45) is 0. The van der Waals surface area contributed by atoms with Crippen LogP contribution in [0.2, 0.25) is 0 Å². The van der Waals surface area contributed by atoms with Crippen LogP contribution < -0.4 is 10.5 Å². The fraction of sp³-hybridized carbons (Fsp3) is 0.200. The minimum Gasteiger partial charge on any atom is -0.494 e. The number of morpholine rings is 1. The number of primary amides is 1. The Morgan fingerprint density at radius 1 is 1.03 bits per heavy atom. The maximum absolute atomic E-state index is 13.9. The molecule has 0 bridgehead atoms. The molecule has 2 amide bonds. The van der Waals surface area contributed by atoms with Crippen LogP contribution >= 0.6 is 0 Å². The number of aromatic nitrogens is 1. The molecule has 0 spiro atoms. The van der Waals surface area contributed by atoms with E-state index in [0.29, 0.717) is 54.1 Å². The number of methoxy groups -OCH3 is 1. The van der Waals surface area contributed by atoms with Gasteiger partial charge in [0.2, 0.25) is 0 Å². The summed E-state index contributed by atoms with van der Waals surface area (Å²) >= 11 is 0. The van der Waals surface area contributed by atoms with Crippen molar-refractivity contribution in [3.05, 3.63) is 65.5 Å². The second-order valence-electron chi connectivity index (χ2n) is 7.95. The molecule has 1 saturated heterocycles. The number of benzene rings is 3. The molecule has 0 aliphatic carbocycles. The molecule has 0 radical (unpaired) electrons. The highest BCUT2D eigenvalue weighted by Gasteiger charge is 2.21. The van der Waals surface area contributed by atoms with Gasteiger partial charge in [-0.2, -0.15) is 0 Å². The average Bonchev–Trinajstić information content (AvgIpc) is 3.21. The standard InChI is InChI=1S/C25H22FN3O4/c1-32-22-13-14(2-4-20(22)26)16-11-18-17-10-15(25(31)29-6-8-33-9-7-29)3-5-21(17)28-23(18)19(12-16)24(27)30/h2-5,10-13,28H,6-9H2,1H3,(H2,27,30). The first kappa shape index (κ1) is 21.0. The Morgan fingerprint density at radius 2 is 1.82 bits per heavy atom. The largest absolute Gasteiger partial charge is 0.494 e. The number of carbonyl (C=O) groups excluding carboxylic acids is 2. The SMILES string of the molecule is COc1cc(-c2cc(C(N)=O)c3[nH]c4ccc(C(=O)N5CCOCC5)cc4c3c2)ccc1F. The highest BCUT2D eigenvalue weighted by molar-refractivity contribution is 6.17. The van der Waals surface area contributed by atoms with Crippen LogP contribution in [0.3, 0.4) is 0 Å². The van der Waals surface area contributed by atoms with E-state index in [0.717, 1.165) is 16.3 Å². The van der Waals surface area contributed by atoms with Gasteiger partial charge in [0.05, 0.1) is 31.4 Å². The Bertz CT molecular complexity index is 1410. The predicted molar refractivity (Wildman–Crippen MR) is 123 cm³/mol. The minimum atomic E-state index is -0.591. The number of hydrogen-bond donors (Lipinski definition) is 2. The molecule has 8 heteroatoms. The second-order valence-corrected chi connectivity index (χ2v) is 7.95. The molecule has 1 aromatic heterocycles. The molecule has 7 nitrogen and oxygen atoms in total. The zero-order valence-electron chi connectivity index (χ0n) is 18.0. The van der Waals surface area contributed by atoms with Gasteiger partial charge in [-0.1, -0.05) is 6.07 Å². The number of H-pyrrole nitrogens is 1. The van der Waals surface area contributed by atoms with Crippen molar-refractivity contribution in [1.29, 1.82) is 0 Å². The van der Waals surface area contributed by atoms with E-state index in [-0.39, 0.29) is 11.7 Å². The van der Waals surface area contributed by atoms with Gasteiger partial charge < -0.3 is 25.1 Å². The van der Waals surface area contributed by atoms with Gasteiger partial charge >= 0.3 is 0 Å². The molecule has 4 aromatic rings. The van der Waals surface area contributed by atoms with E-state index in [1.54, 1.807) is 29.2 Å². The molecule has 33 heavy (non-hydrogen) atoms. The summed E-state index contributed by atoms with van der Waals surface area (Å²) in [6, 6.07) is 13.5. The molecular weight excluding hydrogens is 425 g/mol. The fourth-order valence-electron chi connectivity index (χ4n) is 4.28. The lowest BCUT2D eigenvalue weighted by Gasteiger charge is -2.26. The van der Waals surface area contributed by atoms with E-state index >= 15 is 0 Å². The van der Waals surface area contributed by atoms with Crippen LogP contribution in [-0.2, 0) is 4.74 Å². The average molecular weight is 447 g/mol. The third-order valence-corrected chi connectivity index (χ3v) is 6.00. The van der Waals surface area contributed by atoms with Gasteiger partial charge in [-0.3, -0.25) is 9.59 Å². The quantitative estimate of drug-likeness (QED) is 0.498. The number of nitrogens with one attached hydrogen (secondary N) is 1. The van der Waals surface area contributed by atoms with E-state index in [2.05, 4.69) is 4.98 Å².